The molecule has 1 aromatic carbocycles. The van der Waals surface area contributed by atoms with Crippen molar-refractivity contribution in [1.29, 1.82) is 0 Å². The molecule has 4 rings (SSSR count). The van der Waals surface area contributed by atoms with Crippen LogP contribution in [0.2, 0.25) is 5.02 Å². The molecule has 4 heteroatoms. The van der Waals surface area contributed by atoms with Crippen molar-refractivity contribution in [3.8, 4) is 0 Å². The summed E-state index contributed by atoms with van der Waals surface area (Å²) in [5.74, 6) is 0. The number of hydrogen-bond acceptors (Lipinski definition) is 2. The molecule has 3 nitrogen and oxygen atoms in total. The monoisotopic (exact) mass is 321 g/mol. The average molecular weight is 322 g/mol. The van der Waals surface area contributed by atoms with E-state index < -0.39 is 0 Å². The van der Waals surface area contributed by atoms with Crippen LogP contribution in [0.1, 0.15) is 24.0 Å². The molecule has 114 valence electrons. The number of fused-ring (bicyclic) bond motifs is 1. The zero-order valence-corrected chi connectivity index (χ0v) is 13.3. The molecule has 0 saturated heterocycles. The van der Waals surface area contributed by atoms with Crippen LogP contribution in [0, 0.1) is 0 Å². The number of aromatic nitrogens is 2. The molecule has 1 aliphatic rings. The predicted molar refractivity (Wildman–Crippen MR) is 96.2 cm³/mol. The molecule has 1 N–H and O–H groups in total. The lowest BCUT2D eigenvalue weighted by molar-refractivity contribution is 0.818. The Labute approximate surface area is 139 Å². The molecule has 3 aromatic rings. The maximum atomic E-state index is 6.15. The molecule has 0 aliphatic carbocycles. The number of H-pyrrole nitrogens is 1. The van der Waals surface area contributed by atoms with Gasteiger partial charge in [0.1, 0.15) is 0 Å². The second-order valence-electron chi connectivity index (χ2n) is 5.68. The van der Waals surface area contributed by atoms with Crippen molar-refractivity contribution in [1.82, 2.24) is 9.97 Å². The second-order valence-corrected chi connectivity index (χ2v) is 6.12. The molecule has 1 aliphatic heterocycles. The molecular formula is C19H16ClN3. The molecule has 2 aromatic heterocycles. The number of aromatic amines is 1. The van der Waals surface area contributed by atoms with Gasteiger partial charge in [-0.1, -0.05) is 11.6 Å². The number of halogens is 1. The van der Waals surface area contributed by atoms with Gasteiger partial charge in [-0.25, -0.2) is 0 Å². The van der Waals surface area contributed by atoms with Gasteiger partial charge in [0.05, 0.1) is 5.71 Å². The molecular weight excluding hydrogens is 306 g/mol. The van der Waals surface area contributed by atoms with Crippen LogP contribution in [0.4, 0.5) is 0 Å². The van der Waals surface area contributed by atoms with E-state index in [-0.39, 0.29) is 0 Å². The number of nitrogens with one attached hydrogen (secondary N) is 1. The molecule has 0 atom stereocenters. The van der Waals surface area contributed by atoms with Crippen LogP contribution in [-0.4, -0.2) is 22.2 Å². The highest BCUT2D eigenvalue weighted by Crippen LogP contribution is 2.27. The molecule has 0 amide bonds. The first-order valence-electron chi connectivity index (χ1n) is 7.74. The minimum atomic E-state index is 0.751. The van der Waals surface area contributed by atoms with Crippen molar-refractivity contribution in [2.75, 3.05) is 6.54 Å². The van der Waals surface area contributed by atoms with Crippen LogP contribution >= 0.6 is 11.6 Å². The van der Waals surface area contributed by atoms with Gasteiger partial charge >= 0.3 is 0 Å². The Morgan fingerprint density at radius 1 is 1.22 bits per heavy atom. The van der Waals surface area contributed by atoms with Crippen LogP contribution in [0.15, 0.2) is 59.5 Å². The van der Waals surface area contributed by atoms with Gasteiger partial charge in [-0.15, -0.1) is 0 Å². The molecule has 3 heterocycles. The van der Waals surface area contributed by atoms with E-state index in [2.05, 4.69) is 22.1 Å². The first-order chi connectivity index (χ1) is 11.3. The number of hydrogen-bond donors (Lipinski definition) is 1. The molecule has 0 bridgehead atoms. The summed E-state index contributed by atoms with van der Waals surface area (Å²) in [4.78, 5) is 12.3. The third kappa shape index (κ3) is 2.80. The Hall–Kier alpha value is -2.39. The first kappa shape index (κ1) is 14.2. The van der Waals surface area contributed by atoms with Gasteiger partial charge in [-0.3, -0.25) is 9.98 Å². The third-order valence-electron chi connectivity index (χ3n) is 4.12. The summed E-state index contributed by atoms with van der Waals surface area (Å²) in [6.45, 7) is 0.876. The van der Waals surface area contributed by atoms with E-state index in [4.69, 9.17) is 16.6 Å². The van der Waals surface area contributed by atoms with Crippen molar-refractivity contribution in [2.24, 2.45) is 4.99 Å². The summed E-state index contributed by atoms with van der Waals surface area (Å²) < 4.78 is 0. The standard InChI is InChI=1S/C19H16ClN3/c20-16-5-6-18-17(10-16)15(12-23-18)9-13-3-2-8-22-19(13)14-4-1-7-21-11-14/h1,4-7,9-12,23H,2-3,8H2/b13-9+. The smallest absolute Gasteiger partial charge is 0.0694 e. The predicted octanol–water partition coefficient (Wildman–Crippen LogP) is 4.88. The van der Waals surface area contributed by atoms with E-state index in [0.29, 0.717) is 0 Å². The van der Waals surface area contributed by atoms with Crippen molar-refractivity contribution < 1.29 is 0 Å². The van der Waals surface area contributed by atoms with Crippen LogP contribution in [0.25, 0.3) is 17.0 Å². The van der Waals surface area contributed by atoms with Gasteiger partial charge in [0.2, 0.25) is 0 Å². The van der Waals surface area contributed by atoms with Crippen molar-refractivity contribution in [2.45, 2.75) is 12.8 Å². The van der Waals surface area contributed by atoms with Gasteiger partial charge in [0.25, 0.3) is 0 Å². The molecule has 0 unspecified atom stereocenters. The first-order valence-corrected chi connectivity index (χ1v) is 8.11. The maximum absolute atomic E-state index is 6.15. The topological polar surface area (TPSA) is 41.0 Å². The normalized spacial score (nSPS) is 16.7. The second kappa shape index (κ2) is 6.01. The van der Waals surface area contributed by atoms with Crippen molar-refractivity contribution in [3.63, 3.8) is 0 Å². The lowest BCUT2D eigenvalue weighted by Gasteiger charge is -2.16. The Bertz CT molecular complexity index is 907. The van der Waals surface area contributed by atoms with Gasteiger partial charge in [-0.2, -0.15) is 0 Å². The van der Waals surface area contributed by atoms with Crippen LogP contribution in [0.3, 0.4) is 0 Å². The summed E-state index contributed by atoms with van der Waals surface area (Å²) in [6, 6.07) is 9.94. The van der Waals surface area contributed by atoms with Crippen LogP contribution < -0.4 is 0 Å². The molecule has 0 saturated carbocycles. The maximum Gasteiger partial charge on any atom is 0.0694 e. The fourth-order valence-electron chi connectivity index (χ4n) is 3.02. The minimum absolute atomic E-state index is 0.751. The zero-order chi connectivity index (χ0) is 15.6. The zero-order valence-electron chi connectivity index (χ0n) is 12.6. The van der Waals surface area contributed by atoms with Gasteiger partial charge in [0.15, 0.2) is 0 Å². The third-order valence-corrected chi connectivity index (χ3v) is 4.35. The number of aliphatic imine (C=N–C) groups is 1. The fourth-order valence-corrected chi connectivity index (χ4v) is 3.19. The van der Waals surface area contributed by atoms with Crippen molar-refractivity contribution >= 4 is 34.3 Å². The lowest BCUT2D eigenvalue weighted by atomic mass is 9.95. The lowest BCUT2D eigenvalue weighted by Crippen LogP contribution is -2.11. The van der Waals surface area contributed by atoms with Gasteiger partial charge in [0, 0.05) is 52.2 Å². The quantitative estimate of drug-likeness (QED) is 0.717. The number of allylic oxidation sites excluding steroid dienone is 1. The summed E-state index contributed by atoms with van der Waals surface area (Å²) >= 11 is 6.15. The van der Waals surface area contributed by atoms with E-state index in [0.717, 1.165) is 52.2 Å². The highest BCUT2D eigenvalue weighted by atomic mass is 35.5. The van der Waals surface area contributed by atoms with Crippen LogP contribution in [0.5, 0.6) is 0 Å². The molecule has 23 heavy (non-hydrogen) atoms. The fraction of sp³-hybridized carbons (Fsp3) is 0.158. The highest BCUT2D eigenvalue weighted by Gasteiger charge is 2.15. The Morgan fingerprint density at radius 2 is 2.17 bits per heavy atom. The van der Waals surface area contributed by atoms with E-state index >= 15 is 0 Å². The Balaban J connectivity index is 1.80. The Morgan fingerprint density at radius 3 is 3.04 bits per heavy atom. The van der Waals surface area contributed by atoms with E-state index in [9.17, 15) is 0 Å². The van der Waals surface area contributed by atoms with Crippen LogP contribution in [-0.2, 0) is 0 Å². The molecule has 0 radical (unpaired) electrons. The number of benzene rings is 1. The van der Waals surface area contributed by atoms with Crippen molar-refractivity contribution in [3.05, 3.63) is 70.6 Å². The molecule has 0 spiro atoms. The summed E-state index contributed by atoms with van der Waals surface area (Å²) in [7, 11) is 0. The van der Waals surface area contributed by atoms with E-state index in [1.165, 1.54) is 5.57 Å². The largest absolute Gasteiger partial charge is 0.361 e. The van der Waals surface area contributed by atoms with E-state index in [1.807, 2.05) is 36.7 Å². The van der Waals surface area contributed by atoms with Gasteiger partial charge < -0.3 is 4.98 Å². The molecule has 0 fully saturated rings. The summed E-state index contributed by atoms with van der Waals surface area (Å²) in [5.41, 5.74) is 5.63. The van der Waals surface area contributed by atoms with E-state index in [1.54, 1.807) is 6.20 Å². The summed E-state index contributed by atoms with van der Waals surface area (Å²) in [5, 5.41) is 1.89. The minimum Gasteiger partial charge on any atom is -0.361 e. The number of nitrogens with zero attached hydrogens (tertiary/aromatic N) is 2. The number of rotatable bonds is 2. The number of pyridine rings is 1. The van der Waals surface area contributed by atoms with Gasteiger partial charge in [-0.05, 0) is 54.8 Å². The summed E-state index contributed by atoms with van der Waals surface area (Å²) in [6.07, 6.45) is 10.0. The Kier molecular flexibility index (Phi) is 3.72. The average Bonchev–Trinajstić information content (AvgIpc) is 2.98. The SMILES string of the molecule is Clc1ccc2[nH]cc(/C=C3\CCCN=C3c3cccnc3)c2c1. The highest BCUT2D eigenvalue weighted by molar-refractivity contribution is 6.31.